The zero-order valence-electron chi connectivity index (χ0n) is 17.6. The fourth-order valence-electron chi connectivity index (χ4n) is 4.28. The Kier molecular flexibility index (Phi) is 5.64. The molecule has 1 aliphatic rings. The van der Waals surface area contributed by atoms with Gasteiger partial charge in [0.1, 0.15) is 5.82 Å². The molecule has 1 aliphatic heterocycles. The van der Waals surface area contributed by atoms with Crippen LogP contribution in [0.5, 0.6) is 0 Å². The monoisotopic (exact) mass is 429 g/mol. The number of halogens is 1. The summed E-state index contributed by atoms with van der Waals surface area (Å²) in [4.78, 5) is 19.2. The number of nitrogens with one attached hydrogen (secondary N) is 2. The summed E-state index contributed by atoms with van der Waals surface area (Å²) in [6, 6.07) is 14.4. The van der Waals surface area contributed by atoms with Crippen LogP contribution in [0, 0.1) is 5.82 Å². The lowest BCUT2D eigenvalue weighted by Crippen LogP contribution is -2.29. The molecule has 0 saturated carbocycles. The van der Waals surface area contributed by atoms with Crippen molar-refractivity contribution in [1.82, 2.24) is 20.1 Å². The van der Waals surface area contributed by atoms with Crippen LogP contribution in [0.25, 0.3) is 22.0 Å². The maximum Gasteiger partial charge on any atom is 0.276 e. The van der Waals surface area contributed by atoms with Gasteiger partial charge in [-0.3, -0.25) is 19.8 Å². The van der Waals surface area contributed by atoms with Gasteiger partial charge < -0.3 is 5.32 Å². The Morgan fingerprint density at radius 2 is 1.94 bits per heavy atom. The third-order valence-corrected chi connectivity index (χ3v) is 5.84. The van der Waals surface area contributed by atoms with Crippen LogP contribution in [0.15, 0.2) is 60.9 Å². The van der Waals surface area contributed by atoms with Crippen LogP contribution in [0.1, 0.15) is 35.3 Å². The molecule has 2 aromatic carbocycles. The van der Waals surface area contributed by atoms with Crippen LogP contribution < -0.4 is 5.32 Å². The number of piperidine rings is 1. The molecule has 7 heteroatoms. The molecular formula is C25H24FN5O. The molecule has 0 radical (unpaired) electrons. The molecule has 0 unspecified atom stereocenters. The summed E-state index contributed by atoms with van der Waals surface area (Å²) >= 11 is 0. The molecule has 162 valence electrons. The Labute approximate surface area is 185 Å². The van der Waals surface area contributed by atoms with Crippen molar-refractivity contribution in [3.63, 3.8) is 0 Å². The Balaban J connectivity index is 1.44. The Morgan fingerprint density at radius 3 is 2.75 bits per heavy atom. The van der Waals surface area contributed by atoms with Crippen LogP contribution in [-0.2, 0) is 6.54 Å². The van der Waals surface area contributed by atoms with Crippen molar-refractivity contribution in [1.29, 1.82) is 0 Å². The number of aromatic amines is 1. The SMILES string of the molecule is O=C(Nc1cccnc1)c1n[nH]c2ccc(-c3cc(F)cc(CN4CCCCC4)c3)cc12. The minimum atomic E-state index is -0.327. The van der Waals surface area contributed by atoms with Crippen LogP contribution in [0.3, 0.4) is 0 Å². The first-order chi connectivity index (χ1) is 15.7. The van der Waals surface area contributed by atoms with E-state index < -0.39 is 0 Å². The number of carbonyl (C=O) groups excluding carboxylic acids is 1. The Hall–Kier alpha value is -3.58. The highest BCUT2D eigenvalue weighted by atomic mass is 19.1. The fourth-order valence-corrected chi connectivity index (χ4v) is 4.28. The molecule has 1 saturated heterocycles. The predicted molar refractivity (Wildman–Crippen MR) is 123 cm³/mol. The van der Waals surface area contributed by atoms with Gasteiger partial charge in [0.2, 0.25) is 0 Å². The van der Waals surface area contributed by atoms with Crippen LogP contribution in [0.2, 0.25) is 0 Å². The zero-order chi connectivity index (χ0) is 21.9. The molecule has 32 heavy (non-hydrogen) atoms. The van der Waals surface area contributed by atoms with Crippen molar-refractivity contribution in [2.45, 2.75) is 25.8 Å². The number of H-pyrrole nitrogens is 1. The summed E-state index contributed by atoms with van der Waals surface area (Å²) in [6.07, 6.45) is 6.89. The van der Waals surface area contributed by atoms with Gasteiger partial charge in [-0.05, 0) is 85.1 Å². The molecule has 0 atom stereocenters. The predicted octanol–water partition coefficient (Wildman–Crippen LogP) is 5.00. The van der Waals surface area contributed by atoms with Crippen LogP contribution in [-0.4, -0.2) is 39.1 Å². The second-order valence-electron chi connectivity index (χ2n) is 8.21. The molecule has 3 heterocycles. The average molecular weight is 429 g/mol. The van der Waals surface area contributed by atoms with Crippen LogP contribution in [0.4, 0.5) is 10.1 Å². The quantitative estimate of drug-likeness (QED) is 0.468. The van der Waals surface area contributed by atoms with E-state index in [2.05, 4.69) is 25.4 Å². The molecule has 0 bridgehead atoms. The number of rotatable bonds is 5. The van der Waals surface area contributed by atoms with Gasteiger partial charge in [0.05, 0.1) is 17.4 Å². The Bertz CT molecular complexity index is 1250. The van der Waals surface area contributed by atoms with E-state index in [1.165, 1.54) is 25.3 Å². The van der Waals surface area contributed by atoms with Crippen molar-refractivity contribution in [2.24, 2.45) is 0 Å². The van der Waals surface area contributed by atoms with Crippen molar-refractivity contribution < 1.29 is 9.18 Å². The zero-order valence-corrected chi connectivity index (χ0v) is 17.6. The van der Waals surface area contributed by atoms with Gasteiger partial charge in [-0.1, -0.05) is 12.5 Å². The molecule has 2 N–H and O–H groups in total. The number of aromatic nitrogens is 3. The molecule has 2 aromatic heterocycles. The lowest BCUT2D eigenvalue weighted by molar-refractivity contribution is 0.102. The average Bonchev–Trinajstić information content (AvgIpc) is 3.23. The molecule has 1 fully saturated rings. The maximum absolute atomic E-state index is 14.5. The van der Waals surface area contributed by atoms with Gasteiger partial charge in [-0.25, -0.2) is 4.39 Å². The van der Waals surface area contributed by atoms with Gasteiger partial charge >= 0.3 is 0 Å². The lowest BCUT2D eigenvalue weighted by Gasteiger charge is -2.26. The van der Waals surface area contributed by atoms with Gasteiger partial charge in [0.25, 0.3) is 5.91 Å². The summed E-state index contributed by atoms with van der Waals surface area (Å²) in [6.45, 7) is 2.86. The first-order valence-corrected chi connectivity index (χ1v) is 10.9. The number of pyridine rings is 1. The number of fused-ring (bicyclic) bond motifs is 1. The summed E-state index contributed by atoms with van der Waals surface area (Å²) in [5.74, 6) is -0.581. The van der Waals surface area contributed by atoms with E-state index in [-0.39, 0.29) is 17.4 Å². The van der Waals surface area contributed by atoms with E-state index in [1.807, 2.05) is 24.3 Å². The summed E-state index contributed by atoms with van der Waals surface area (Å²) in [5, 5.41) is 10.6. The van der Waals surface area contributed by atoms with E-state index >= 15 is 0 Å². The third kappa shape index (κ3) is 4.38. The number of hydrogen-bond acceptors (Lipinski definition) is 4. The first-order valence-electron chi connectivity index (χ1n) is 10.9. The lowest BCUT2D eigenvalue weighted by atomic mass is 10.00. The maximum atomic E-state index is 14.5. The molecule has 4 aromatic rings. The van der Waals surface area contributed by atoms with E-state index in [9.17, 15) is 9.18 Å². The molecule has 0 spiro atoms. The summed E-state index contributed by atoms with van der Waals surface area (Å²) < 4.78 is 14.5. The van der Waals surface area contributed by atoms with Crippen molar-refractivity contribution in [2.75, 3.05) is 18.4 Å². The van der Waals surface area contributed by atoms with E-state index in [0.717, 1.165) is 41.8 Å². The number of anilines is 1. The smallest absolute Gasteiger partial charge is 0.276 e. The third-order valence-electron chi connectivity index (χ3n) is 5.84. The number of amides is 1. The highest BCUT2D eigenvalue weighted by Gasteiger charge is 2.16. The van der Waals surface area contributed by atoms with Gasteiger partial charge in [-0.15, -0.1) is 0 Å². The van der Waals surface area contributed by atoms with Crippen LogP contribution >= 0.6 is 0 Å². The number of hydrogen-bond donors (Lipinski definition) is 2. The van der Waals surface area contributed by atoms with Crippen molar-refractivity contribution in [3.05, 3.63) is 78.0 Å². The molecule has 1 amide bonds. The molecule has 0 aliphatic carbocycles. The molecule has 5 rings (SSSR count). The van der Waals surface area contributed by atoms with Crippen molar-refractivity contribution >= 4 is 22.5 Å². The van der Waals surface area contributed by atoms with Gasteiger partial charge in [-0.2, -0.15) is 5.10 Å². The van der Waals surface area contributed by atoms with Gasteiger partial charge in [0, 0.05) is 18.1 Å². The van der Waals surface area contributed by atoms with Gasteiger partial charge in [0.15, 0.2) is 5.69 Å². The van der Waals surface area contributed by atoms with Crippen molar-refractivity contribution in [3.8, 4) is 11.1 Å². The molecule has 6 nitrogen and oxygen atoms in total. The van der Waals surface area contributed by atoms with E-state index in [1.54, 1.807) is 30.6 Å². The minimum absolute atomic E-state index is 0.253. The normalized spacial score (nSPS) is 14.5. The standard InChI is InChI=1S/C25H24FN5O/c26-20-12-17(16-31-9-2-1-3-10-31)11-19(13-20)18-6-7-23-22(14-18)24(30-29-23)25(32)28-21-5-4-8-27-15-21/h4-8,11-15H,1-3,9-10,16H2,(H,28,32)(H,29,30). The topological polar surface area (TPSA) is 73.9 Å². The minimum Gasteiger partial charge on any atom is -0.319 e. The number of nitrogens with zero attached hydrogens (tertiary/aromatic N) is 3. The summed E-state index contributed by atoms with van der Waals surface area (Å²) in [7, 11) is 0. The highest BCUT2D eigenvalue weighted by molar-refractivity contribution is 6.11. The number of likely N-dealkylation sites (tertiary alicyclic amines) is 1. The number of benzene rings is 2. The largest absolute Gasteiger partial charge is 0.319 e. The summed E-state index contributed by atoms with van der Waals surface area (Å²) in [5.41, 5.74) is 4.22. The van der Waals surface area contributed by atoms with E-state index in [4.69, 9.17) is 0 Å². The molecular weight excluding hydrogens is 405 g/mol. The second kappa shape index (κ2) is 8.88. The Morgan fingerprint density at radius 1 is 1.06 bits per heavy atom. The highest BCUT2D eigenvalue weighted by Crippen LogP contribution is 2.28. The fraction of sp³-hybridized carbons (Fsp3) is 0.240. The first kappa shape index (κ1) is 20.3. The van der Waals surface area contributed by atoms with E-state index in [0.29, 0.717) is 11.1 Å². The second-order valence-corrected chi connectivity index (χ2v) is 8.21. The number of carbonyl (C=O) groups is 1.